The van der Waals surface area contributed by atoms with Crippen LogP contribution in [0, 0.1) is 5.92 Å². The molecule has 1 atom stereocenters. The normalized spacial score (nSPS) is 20.0. The lowest BCUT2D eigenvalue weighted by atomic mass is 9.97. The van der Waals surface area contributed by atoms with Crippen LogP contribution in [0.5, 0.6) is 0 Å². The lowest BCUT2D eigenvalue weighted by Gasteiger charge is -2.41. The Morgan fingerprint density at radius 1 is 1.19 bits per heavy atom. The minimum absolute atomic E-state index is 0.0154. The van der Waals surface area contributed by atoms with E-state index in [1.807, 2.05) is 35.1 Å². The summed E-state index contributed by atoms with van der Waals surface area (Å²) in [6, 6.07) is 3.33. The third kappa shape index (κ3) is 4.69. The molecule has 0 aromatic carbocycles. The van der Waals surface area contributed by atoms with E-state index in [9.17, 15) is 14.4 Å². The number of thiophene rings is 1. The number of amides is 3. The van der Waals surface area contributed by atoms with Gasteiger partial charge in [0.2, 0.25) is 11.8 Å². The van der Waals surface area contributed by atoms with Crippen molar-refractivity contribution >= 4 is 29.1 Å². The Morgan fingerprint density at radius 3 is 2.52 bits per heavy atom. The molecule has 1 unspecified atom stereocenters. The fourth-order valence-corrected chi connectivity index (χ4v) is 4.57. The molecule has 2 aliphatic heterocycles. The number of nitrogens with one attached hydrogen (secondary N) is 1. The van der Waals surface area contributed by atoms with Gasteiger partial charge in [-0.2, -0.15) is 0 Å². The van der Waals surface area contributed by atoms with E-state index in [1.165, 1.54) is 11.3 Å². The minimum Gasteiger partial charge on any atom is -0.341 e. The molecule has 3 rings (SSSR count). The smallest absolute Gasteiger partial charge is 0.262 e. The van der Waals surface area contributed by atoms with Crippen LogP contribution in [-0.4, -0.2) is 59.2 Å². The third-order valence-electron chi connectivity index (χ3n) is 5.54. The number of carbonyl (C=O) groups is 3. The Labute approximate surface area is 164 Å². The second-order valence-corrected chi connectivity index (χ2v) is 8.72. The summed E-state index contributed by atoms with van der Waals surface area (Å²) >= 11 is 1.37. The maximum atomic E-state index is 13.0. The summed E-state index contributed by atoms with van der Waals surface area (Å²) in [5.41, 5.74) is 0. The van der Waals surface area contributed by atoms with Crippen LogP contribution in [0.15, 0.2) is 17.5 Å². The molecule has 148 valence electrons. The number of nitrogens with zero attached hydrogens (tertiary/aromatic N) is 2. The number of rotatable bonds is 5. The van der Waals surface area contributed by atoms with Crippen LogP contribution < -0.4 is 5.32 Å². The molecule has 1 N–H and O–H groups in total. The molecular formula is C20H29N3O3S. The largest absolute Gasteiger partial charge is 0.341 e. The molecule has 1 aromatic heterocycles. The molecule has 2 saturated heterocycles. The SMILES string of the molecule is CC(C)C(NC(=O)c1cccs1)C(=O)N1CCC(N2CCCCC2=O)CC1. The van der Waals surface area contributed by atoms with Crippen LogP contribution in [0.1, 0.15) is 55.6 Å². The van der Waals surface area contributed by atoms with Crippen LogP contribution in [-0.2, 0) is 9.59 Å². The molecule has 1 aromatic rings. The number of likely N-dealkylation sites (tertiary alicyclic amines) is 2. The summed E-state index contributed by atoms with van der Waals surface area (Å²) < 4.78 is 0. The summed E-state index contributed by atoms with van der Waals surface area (Å²) in [7, 11) is 0. The van der Waals surface area contributed by atoms with Crippen molar-refractivity contribution in [3.63, 3.8) is 0 Å². The fraction of sp³-hybridized carbons (Fsp3) is 0.650. The van der Waals surface area contributed by atoms with E-state index in [1.54, 1.807) is 6.07 Å². The zero-order chi connectivity index (χ0) is 19.4. The Morgan fingerprint density at radius 2 is 1.93 bits per heavy atom. The van der Waals surface area contributed by atoms with Crippen LogP contribution in [0.2, 0.25) is 0 Å². The van der Waals surface area contributed by atoms with E-state index in [4.69, 9.17) is 0 Å². The van der Waals surface area contributed by atoms with Crippen LogP contribution in [0.3, 0.4) is 0 Å². The van der Waals surface area contributed by atoms with Crippen molar-refractivity contribution in [1.29, 1.82) is 0 Å². The van der Waals surface area contributed by atoms with E-state index in [-0.39, 0.29) is 29.7 Å². The summed E-state index contributed by atoms with van der Waals surface area (Å²) in [4.78, 5) is 42.0. The zero-order valence-electron chi connectivity index (χ0n) is 16.1. The van der Waals surface area contributed by atoms with Gasteiger partial charge in [-0.1, -0.05) is 19.9 Å². The van der Waals surface area contributed by atoms with Crippen molar-refractivity contribution in [3.8, 4) is 0 Å². The van der Waals surface area contributed by atoms with Gasteiger partial charge in [-0.05, 0) is 43.0 Å². The first-order valence-corrected chi connectivity index (χ1v) is 10.8. The molecule has 0 bridgehead atoms. The number of carbonyl (C=O) groups excluding carboxylic acids is 3. The average molecular weight is 392 g/mol. The highest BCUT2D eigenvalue weighted by atomic mass is 32.1. The average Bonchev–Trinajstić information content (AvgIpc) is 3.21. The lowest BCUT2D eigenvalue weighted by Crippen LogP contribution is -2.55. The Hall–Kier alpha value is -1.89. The highest BCUT2D eigenvalue weighted by molar-refractivity contribution is 7.12. The second-order valence-electron chi connectivity index (χ2n) is 7.77. The molecule has 3 heterocycles. The van der Waals surface area contributed by atoms with Gasteiger partial charge < -0.3 is 15.1 Å². The molecule has 6 nitrogen and oxygen atoms in total. The van der Waals surface area contributed by atoms with Crippen molar-refractivity contribution < 1.29 is 14.4 Å². The molecule has 0 spiro atoms. The fourth-order valence-electron chi connectivity index (χ4n) is 3.94. The van der Waals surface area contributed by atoms with E-state index in [2.05, 4.69) is 5.32 Å². The van der Waals surface area contributed by atoms with Gasteiger partial charge in [0, 0.05) is 32.1 Å². The molecule has 0 saturated carbocycles. The van der Waals surface area contributed by atoms with Crippen molar-refractivity contribution in [2.24, 2.45) is 5.92 Å². The van der Waals surface area contributed by atoms with Crippen molar-refractivity contribution in [2.45, 2.75) is 58.0 Å². The maximum Gasteiger partial charge on any atom is 0.262 e. The highest BCUT2D eigenvalue weighted by Gasteiger charge is 2.34. The molecule has 0 radical (unpaired) electrons. The topological polar surface area (TPSA) is 69.7 Å². The molecular weight excluding hydrogens is 362 g/mol. The van der Waals surface area contributed by atoms with Crippen molar-refractivity contribution in [3.05, 3.63) is 22.4 Å². The van der Waals surface area contributed by atoms with Gasteiger partial charge in [0.1, 0.15) is 6.04 Å². The Bertz CT molecular complexity index is 666. The quantitative estimate of drug-likeness (QED) is 0.838. The van der Waals surface area contributed by atoms with Gasteiger partial charge >= 0.3 is 0 Å². The standard InChI is InChI=1S/C20H29N3O3S/c1-14(2)18(21-19(25)16-6-5-13-27-16)20(26)22-11-8-15(9-12-22)23-10-4-3-7-17(23)24/h5-6,13-15,18H,3-4,7-12H2,1-2H3,(H,21,25). The van der Waals surface area contributed by atoms with Gasteiger partial charge in [-0.25, -0.2) is 0 Å². The van der Waals surface area contributed by atoms with E-state index in [0.717, 1.165) is 32.2 Å². The molecule has 0 aliphatic carbocycles. The van der Waals surface area contributed by atoms with Crippen LogP contribution >= 0.6 is 11.3 Å². The number of hydrogen-bond acceptors (Lipinski definition) is 4. The summed E-state index contributed by atoms with van der Waals surface area (Å²) in [6.45, 7) is 6.05. The minimum atomic E-state index is -0.521. The van der Waals surface area contributed by atoms with E-state index >= 15 is 0 Å². The predicted molar refractivity (Wildman–Crippen MR) is 106 cm³/mol. The van der Waals surface area contributed by atoms with E-state index < -0.39 is 6.04 Å². The third-order valence-corrected chi connectivity index (χ3v) is 6.41. The highest BCUT2D eigenvalue weighted by Crippen LogP contribution is 2.23. The van der Waals surface area contributed by atoms with Crippen molar-refractivity contribution in [2.75, 3.05) is 19.6 Å². The second kappa shape index (κ2) is 8.87. The number of hydrogen-bond donors (Lipinski definition) is 1. The molecule has 2 aliphatic rings. The maximum absolute atomic E-state index is 13.0. The summed E-state index contributed by atoms with van der Waals surface area (Å²) in [5, 5.41) is 4.77. The van der Waals surface area contributed by atoms with E-state index in [0.29, 0.717) is 24.4 Å². The predicted octanol–water partition coefficient (Wildman–Crippen LogP) is 2.51. The number of piperidine rings is 2. The first-order valence-electron chi connectivity index (χ1n) is 9.90. The molecule has 3 amide bonds. The van der Waals surface area contributed by atoms with Gasteiger partial charge in [-0.3, -0.25) is 14.4 Å². The summed E-state index contributed by atoms with van der Waals surface area (Å²) in [5.74, 6) is 0.0706. The van der Waals surface area contributed by atoms with Gasteiger partial charge in [0.15, 0.2) is 0 Å². The zero-order valence-corrected chi connectivity index (χ0v) is 17.0. The lowest BCUT2D eigenvalue weighted by molar-refractivity contribution is -0.139. The van der Waals surface area contributed by atoms with Gasteiger partial charge in [0.05, 0.1) is 4.88 Å². The van der Waals surface area contributed by atoms with Crippen LogP contribution in [0.25, 0.3) is 0 Å². The Kier molecular flexibility index (Phi) is 6.52. The Balaban J connectivity index is 1.57. The molecule has 27 heavy (non-hydrogen) atoms. The van der Waals surface area contributed by atoms with Crippen LogP contribution in [0.4, 0.5) is 0 Å². The van der Waals surface area contributed by atoms with Gasteiger partial charge in [0.25, 0.3) is 5.91 Å². The monoisotopic (exact) mass is 391 g/mol. The summed E-state index contributed by atoms with van der Waals surface area (Å²) in [6.07, 6.45) is 4.37. The first kappa shape index (κ1) is 19.9. The first-order chi connectivity index (χ1) is 13.0. The molecule has 7 heteroatoms. The van der Waals surface area contributed by atoms with Crippen molar-refractivity contribution in [1.82, 2.24) is 15.1 Å². The van der Waals surface area contributed by atoms with Gasteiger partial charge in [-0.15, -0.1) is 11.3 Å². The molecule has 2 fully saturated rings.